The molecule has 4 heteroatoms. The van der Waals surface area contributed by atoms with Crippen molar-refractivity contribution in [3.05, 3.63) is 59.7 Å². The Kier molecular flexibility index (Phi) is 5.20. The number of phenolic OH excluding ortho intramolecular Hbond substituents is 2. The molecule has 0 aromatic heterocycles. The Balaban J connectivity index is 2.07. The third kappa shape index (κ3) is 4.48. The third-order valence-electron chi connectivity index (χ3n) is 3.34. The number of aromatic hydroxyl groups is 2. The first-order valence-corrected chi connectivity index (χ1v) is 7.00. The normalized spacial score (nSPS) is 12.5. The SMILES string of the molecule is CN(C)CC(NCc1ccc(O)c(O)c1)c1ccccc1. The highest BCUT2D eigenvalue weighted by Gasteiger charge is 2.12. The van der Waals surface area contributed by atoms with Crippen LogP contribution in [0, 0.1) is 0 Å². The molecule has 0 bridgehead atoms. The van der Waals surface area contributed by atoms with Crippen molar-refractivity contribution < 1.29 is 10.2 Å². The van der Waals surface area contributed by atoms with Crippen molar-refractivity contribution in [2.45, 2.75) is 12.6 Å². The van der Waals surface area contributed by atoms with Crippen molar-refractivity contribution in [2.24, 2.45) is 0 Å². The lowest BCUT2D eigenvalue weighted by molar-refractivity contribution is 0.340. The second kappa shape index (κ2) is 7.11. The molecule has 0 saturated heterocycles. The highest BCUT2D eigenvalue weighted by atomic mass is 16.3. The lowest BCUT2D eigenvalue weighted by Crippen LogP contribution is -2.30. The summed E-state index contributed by atoms with van der Waals surface area (Å²) in [6, 6.07) is 15.4. The second-order valence-electron chi connectivity index (χ2n) is 5.43. The molecular weight excluding hydrogens is 264 g/mol. The molecule has 1 atom stereocenters. The van der Waals surface area contributed by atoms with E-state index in [2.05, 4.69) is 22.3 Å². The molecule has 2 rings (SSSR count). The summed E-state index contributed by atoms with van der Waals surface area (Å²) in [6.45, 7) is 1.51. The van der Waals surface area contributed by atoms with E-state index in [-0.39, 0.29) is 17.5 Å². The minimum absolute atomic E-state index is 0.0850. The van der Waals surface area contributed by atoms with Gasteiger partial charge in [0.05, 0.1) is 0 Å². The Hall–Kier alpha value is -2.04. The van der Waals surface area contributed by atoms with E-state index in [1.54, 1.807) is 12.1 Å². The van der Waals surface area contributed by atoms with Crippen LogP contribution < -0.4 is 5.32 Å². The summed E-state index contributed by atoms with van der Waals surface area (Å²) >= 11 is 0. The second-order valence-corrected chi connectivity index (χ2v) is 5.43. The fraction of sp³-hybridized carbons (Fsp3) is 0.294. The van der Waals surface area contributed by atoms with Crippen molar-refractivity contribution in [3.8, 4) is 11.5 Å². The van der Waals surface area contributed by atoms with Gasteiger partial charge in [-0.2, -0.15) is 0 Å². The molecule has 4 nitrogen and oxygen atoms in total. The maximum atomic E-state index is 9.54. The fourth-order valence-electron chi connectivity index (χ4n) is 2.26. The molecule has 1 unspecified atom stereocenters. The monoisotopic (exact) mass is 286 g/mol. The number of hydrogen-bond donors (Lipinski definition) is 3. The summed E-state index contributed by atoms with van der Waals surface area (Å²) < 4.78 is 0. The first-order valence-electron chi connectivity index (χ1n) is 7.00. The molecule has 0 aliphatic carbocycles. The first-order chi connectivity index (χ1) is 10.1. The maximum absolute atomic E-state index is 9.54. The van der Waals surface area contributed by atoms with Crippen LogP contribution in [0.25, 0.3) is 0 Å². The van der Waals surface area contributed by atoms with E-state index in [0.29, 0.717) is 6.54 Å². The van der Waals surface area contributed by atoms with E-state index >= 15 is 0 Å². The van der Waals surface area contributed by atoms with Gasteiger partial charge in [-0.3, -0.25) is 0 Å². The van der Waals surface area contributed by atoms with E-state index in [4.69, 9.17) is 0 Å². The first kappa shape index (κ1) is 15.4. The topological polar surface area (TPSA) is 55.7 Å². The standard InChI is InChI=1S/C17H22N2O2/c1-19(2)12-15(14-6-4-3-5-7-14)18-11-13-8-9-16(20)17(21)10-13/h3-10,15,18,20-21H,11-12H2,1-2H3. The number of nitrogens with one attached hydrogen (secondary N) is 1. The Morgan fingerprint density at radius 2 is 1.71 bits per heavy atom. The molecule has 0 radical (unpaired) electrons. The van der Waals surface area contributed by atoms with Crippen molar-refractivity contribution in [2.75, 3.05) is 20.6 Å². The van der Waals surface area contributed by atoms with Crippen molar-refractivity contribution >= 4 is 0 Å². The molecule has 0 spiro atoms. The smallest absolute Gasteiger partial charge is 0.157 e. The molecule has 0 fully saturated rings. The van der Waals surface area contributed by atoms with Crippen LogP contribution in [0.5, 0.6) is 11.5 Å². The van der Waals surface area contributed by atoms with Crippen molar-refractivity contribution in [3.63, 3.8) is 0 Å². The molecule has 0 saturated carbocycles. The van der Waals surface area contributed by atoms with Gasteiger partial charge in [0, 0.05) is 19.1 Å². The highest BCUT2D eigenvalue weighted by Crippen LogP contribution is 2.25. The molecule has 2 aromatic rings. The Morgan fingerprint density at radius 1 is 1.00 bits per heavy atom. The predicted molar refractivity (Wildman–Crippen MR) is 84.3 cm³/mol. The van der Waals surface area contributed by atoms with Crippen LogP contribution in [-0.4, -0.2) is 35.8 Å². The molecule has 0 heterocycles. The number of benzene rings is 2. The largest absolute Gasteiger partial charge is 0.504 e. The Labute approximate surface area is 125 Å². The Morgan fingerprint density at radius 3 is 2.33 bits per heavy atom. The summed E-state index contributed by atoms with van der Waals surface area (Å²) in [5, 5.41) is 22.4. The van der Waals surface area contributed by atoms with Gasteiger partial charge in [0.2, 0.25) is 0 Å². The molecule has 3 N–H and O–H groups in total. The quantitative estimate of drug-likeness (QED) is 0.714. The number of phenols is 2. The van der Waals surface area contributed by atoms with Crippen LogP contribution in [0.1, 0.15) is 17.2 Å². The average molecular weight is 286 g/mol. The van der Waals surface area contributed by atoms with Crippen molar-refractivity contribution in [1.82, 2.24) is 10.2 Å². The van der Waals surface area contributed by atoms with Gasteiger partial charge in [0.25, 0.3) is 0 Å². The molecule has 0 aliphatic heterocycles. The van der Waals surface area contributed by atoms with Crippen LogP contribution in [0.4, 0.5) is 0 Å². The summed E-state index contributed by atoms with van der Waals surface area (Å²) in [6.07, 6.45) is 0. The van der Waals surface area contributed by atoms with Crippen LogP contribution in [0.3, 0.4) is 0 Å². The van der Waals surface area contributed by atoms with Gasteiger partial charge in [0.15, 0.2) is 11.5 Å². The molecule has 0 aliphatic rings. The van der Waals surface area contributed by atoms with Gasteiger partial charge in [-0.1, -0.05) is 36.4 Å². The number of hydrogen-bond acceptors (Lipinski definition) is 4. The van der Waals surface area contributed by atoms with E-state index < -0.39 is 0 Å². The van der Waals surface area contributed by atoms with Gasteiger partial charge in [-0.15, -0.1) is 0 Å². The van der Waals surface area contributed by atoms with Crippen molar-refractivity contribution in [1.29, 1.82) is 0 Å². The Bertz CT molecular complexity index is 570. The maximum Gasteiger partial charge on any atom is 0.157 e. The minimum atomic E-state index is -0.0911. The van der Waals surface area contributed by atoms with Gasteiger partial charge in [0.1, 0.15) is 0 Å². The molecule has 0 amide bonds. The van der Waals surface area contributed by atoms with E-state index in [0.717, 1.165) is 12.1 Å². The summed E-state index contributed by atoms with van der Waals surface area (Å²) in [7, 11) is 4.09. The lowest BCUT2D eigenvalue weighted by Gasteiger charge is -2.23. The minimum Gasteiger partial charge on any atom is -0.504 e. The van der Waals surface area contributed by atoms with Crippen LogP contribution in [0.2, 0.25) is 0 Å². The summed E-state index contributed by atoms with van der Waals surface area (Å²) in [5.74, 6) is -0.176. The van der Waals surface area contributed by atoms with E-state index in [1.807, 2.05) is 32.3 Å². The molecule has 112 valence electrons. The zero-order valence-electron chi connectivity index (χ0n) is 12.5. The van der Waals surface area contributed by atoms with Gasteiger partial charge >= 0.3 is 0 Å². The van der Waals surface area contributed by atoms with Gasteiger partial charge in [-0.25, -0.2) is 0 Å². The van der Waals surface area contributed by atoms with E-state index in [9.17, 15) is 10.2 Å². The molecular formula is C17H22N2O2. The molecule has 21 heavy (non-hydrogen) atoms. The number of nitrogens with zero attached hydrogens (tertiary/aromatic N) is 1. The van der Waals surface area contributed by atoms with E-state index in [1.165, 1.54) is 11.6 Å². The molecule has 2 aromatic carbocycles. The lowest BCUT2D eigenvalue weighted by atomic mass is 10.1. The average Bonchev–Trinajstić information content (AvgIpc) is 2.47. The zero-order valence-corrected chi connectivity index (χ0v) is 12.5. The van der Waals surface area contributed by atoms with Crippen LogP contribution >= 0.6 is 0 Å². The third-order valence-corrected chi connectivity index (χ3v) is 3.34. The van der Waals surface area contributed by atoms with Crippen LogP contribution in [0.15, 0.2) is 48.5 Å². The summed E-state index contributed by atoms with van der Waals surface area (Å²) in [5.41, 5.74) is 2.17. The van der Waals surface area contributed by atoms with Gasteiger partial charge in [-0.05, 0) is 37.4 Å². The zero-order chi connectivity index (χ0) is 15.2. The number of likely N-dealkylation sites (N-methyl/N-ethyl adjacent to an activating group) is 1. The number of rotatable bonds is 6. The predicted octanol–water partition coefficient (Wildman–Crippen LogP) is 2.49. The summed E-state index contributed by atoms with van der Waals surface area (Å²) in [4.78, 5) is 2.14. The highest BCUT2D eigenvalue weighted by molar-refractivity contribution is 5.40. The fourth-order valence-corrected chi connectivity index (χ4v) is 2.26. The van der Waals surface area contributed by atoms with Gasteiger partial charge < -0.3 is 20.4 Å². The van der Waals surface area contributed by atoms with Crippen LogP contribution in [-0.2, 0) is 6.54 Å².